The average molecular weight is 479 g/mol. The normalized spacial score (nSPS) is 17.6. The fourth-order valence-corrected chi connectivity index (χ4v) is 4.08. The molecule has 8 nitrogen and oxygen atoms in total. The fourth-order valence-electron chi connectivity index (χ4n) is 4.08. The molecule has 9 heteroatoms. The predicted octanol–water partition coefficient (Wildman–Crippen LogP) is 4.06. The van der Waals surface area contributed by atoms with Gasteiger partial charge in [0.2, 0.25) is 5.88 Å². The third-order valence-electron chi connectivity index (χ3n) is 5.97. The lowest BCUT2D eigenvalue weighted by atomic mass is 9.92. The summed E-state index contributed by atoms with van der Waals surface area (Å²) in [5.41, 5.74) is 1.77. The highest BCUT2D eigenvalue weighted by molar-refractivity contribution is 6.00. The Hall–Kier alpha value is -3.88. The number of carbonyl (C=O) groups is 2. The molecule has 1 aromatic carbocycles. The van der Waals surface area contributed by atoms with Crippen LogP contribution in [0.5, 0.6) is 5.88 Å². The Morgan fingerprint density at radius 2 is 1.91 bits per heavy atom. The van der Waals surface area contributed by atoms with Crippen molar-refractivity contribution in [1.82, 2.24) is 19.9 Å². The molecule has 4 rings (SSSR count). The molecule has 1 aliphatic heterocycles. The van der Waals surface area contributed by atoms with Gasteiger partial charge in [-0.3, -0.25) is 9.59 Å². The maximum atomic E-state index is 13.8. The van der Waals surface area contributed by atoms with Gasteiger partial charge in [-0.15, -0.1) is 0 Å². The van der Waals surface area contributed by atoms with Crippen LogP contribution in [0, 0.1) is 11.7 Å². The minimum Gasteiger partial charge on any atom is -0.477 e. The van der Waals surface area contributed by atoms with Crippen LogP contribution in [0.1, 0.15) is 42.6 Å². The lowest BCUT2D eigenvalue weighted by Crippen LogP contribution is -2.47. The van der Waals surface area contributed by atoms with E-state index in [9.17, 15) is 14.0 Å². The molecule has 0 saturated carbocycles. The number of halogens is 1. The van der Waals surface area contributed by atoms with E-state index < -0.39 is 11.8 Å². The summed E-state index contributed by atoms with van der Waals surface area (Å²) < 4.78 is 24.0. The van der Waals surface area contributed by atoms with E-state index in [-0.39, 0.29) is 24.5 Å². The molecule has 2 atom stereocenters. The van der Waals surface area contributed by atoms with Gasteiger partial charge in [0.15, 0.2) is 5.82 Å². The van der Waals surface area contributed by atoms with Crippen molar-refractivity contribution in [2.24, 2.45) is 5.92 Å². The first-order valence-corrected chi connectivity index (χ1v) is 11.5. The van der Waals surface area contributed by atoms with Crippen LogP contribution in [0.25, 0.3) is 11.4 Å². The van der Waals surface area contributed by atoms with E-state index in [0.717, 1.165) is 19.0 Å². The number of amides is 1. The predicted molar refractivity (Wildman–Crippen MR) is 126 cm³/mol. The number of hydrogen-bond donors (Lipinski definition) is 0. The fraction of sp³-hybridized carbons (Fsp3) is 0.346. The summed E-state index contributed by atoms with van der Waals surface area (Å²) >= 11 is 0. The van der Waals surface area contributed by atoms with E-state index in [1.165, 1.54) is 19.1 Å². The van der Waals surface area contributed by atoms with Gasteiger partial charge in [-0.05, 0) is 49.6 Å². The molecule has 1 aliphatic rings. The zero-order chi connectivity index (χ0) is 24.8. The quantitative estimate of drug-likeness (QED) is 0.473. The summed E-state index contributed by atoms with van der Waals surface area (Å²) in [6.07, 6.45) is 6.09. The molecule has 0 spiro atoms. The molecule has 1 fully saturated rings. The lowest BCUT2D eigenvalue weighted by molar-refractivity contribution is -0.142. The summed E-state index contributed by atoms with van der Waals surface area (Å²) in [6.45, 7) is 4.32. The molecule has 2 aromatic heterocycles. The van der Waals surface area contributed by atoms with Gasteiger partial charge in [-0.1, -0.05) is 6.07 Å². The number of benzene rings is 1. The molecule has 0 bridgehead atoms. The molecule has 0 N–H and O–H groups in total. The SMILES string of the molecule is CC(=O)OCc1ccc(-c2ncccn2)c(C(=O)N2C[C@H](COc3ccc(F)cn3)CC[C@H]2C)c1. The summed E-state index contributed by atoms with van der Waals surface area (Å²) in [5, 5.41) is 0. The highest BCUT2D eigenvalue weighted by atomic mass is 19.1. The summed E-state index contributed by atoms with van der Waals surface area (Å²) in [7, 11) is 0. The first kappa shape index (κ1) is 24.3. The Labute approximate surface area is 203 Å². The van der Waals surface area contributed by atoms with E-state index in [2.05, 4.69) is 15.0 Å². The summed E-state index contributed by atoms with van der Waals surface area (Å²) in [4.78, 5) is 39.5. The first-order chi connectivity index (χ1) is 16.9. The Morgan fingerprint density at radius 3 is 2.63 bits per heavy atom. The van der Waals surface area contributed by atoms with Crippen LogP contribution in [0.15, 0.2) is 55.0 Å². The maximum absolute atomic E-state index is 13.8. The Kier molecular flexibility index (Phi) is 7.64. The number of piperidine rings is 1. The molecule has 0 unspecified atom stereocenters. The van der Waals surface area contributed by atoms with Crippen molar-refractivity contribution in [1.29, 1.82) is 0 Å². The molecule has 3 heterocycles. The van der Waals surface area contributed by atoms with Gasteiger partial charge < -0.3 is 14.4 Å². The zero-order valence-corrected chi connectivity index (χ0v) is 19.7. The maximum Gasteiger partial charge on any atom is 0.302 e. The number of ether oxygens (including phenoxy) is 2. The highest BCUT2D eigenvalue weighted by Gasteiger charge is 2.31. The van der Waals surface area contributed by atoms with Crippen molar-refractivity contribution in [3.63, 3.8) is 0 Å². The van der Waals surface area contributed by atoms with Gasteiger partial charge in [0.25, 0.3) is 5.91 Å². The molecule has 0 radical (unpaired) electrons. The van der Waals surface area contributed by atoms with E-state index in [4.69, 9.17) is 9.47 Å². The number of rotatable bonds is 7. The van der Waals surface area contributed by atoms with Crippen molar-refractivity contribution in [2.45, 2.75) is 39.3 Å². The number of aromatic nitrogens is 3. The number of hydrogen-bond acceptors (Lipinski definition) is 7. The molecule has 35 heavy (non-hydrogen) atoms. The van der Waals surface area contributed by atoms with Crippen LogP contribution in [-0.4, -0.2) is 50.9 Å². The molecular weight excluding hydrogens is 451 g/mol. The number of likely N-dealkylation sites (tertiary alicyclic amines) is 1. The molecule has 1 saturated heterocycles. The Balaban J connectivity index is 1.55. The van der Waals surface area contributed by atoms with Crippen LogP contribution in [0.4, 0.5) is 4.39 Å². The van der Waals surface area contributed by atoms with Crippen LogP contribution < -0.4 is 4.74 Å². The van der Waals surface area contributed by atoms with E-state index in [0.29, 0.717) is 41.5 Å². The Bertz CT molecular complexity index is 1170. The van der Waals surface area contributed by atoms with Crippen LogP contribution in [-0.2, 0) is 16.1 Å². The molecule has 3 aromatic rings. The summed E-state index contributed by atoms with van der Waals surface area (Å²) in [5.74, 6) is -0.0606. The standard InChI is InChI=1S/C26H27FN4O4/c1-17-4-5-20(16-35-24-9-7-21(27)13-30-24)14-31(17)26(33)23-12-19(15-34-18(2)32)6-8-22(23)25-28-10-3-11-29-25/h3,6-13,17,20H,4-5,14-16H2,1-2H3/t17-,20-/m1/s1. The van der Waals surface area contributed by atoms with Gasteiger partial charge in [0.1, 0.15) is 12.4 Å². The zero-order valence-electron chi connectivity index (χ0n) is 19.7. The minimum atomic E-state index is -0.422. The Morgan fingerprint density at radius 1 is 1.11 bits per heavy atom. The van der Waals surface area contributed by atoms with Crippen molar-refractivity contribution in [3.8, 4) is 17.3 Å². The van der Waals surface area contributed by atoms with Gasteiger partial charge in [-0.25, -0.2) is 19.3 Å². The summed E-state index contributed by atoms with van der Waals surface area (Å²) in [6, 6.07) is 9.87. The highest BCUT2D eigenvalue weighted by Crippen LogP contribution is 2.29. The minimum absolute atomic E-state index is 0.0318. The third-order valence-corrected chi connectivity index (χ3v) is 5.97. The van der Waals surface area contributed by atoms with Crippen molar-refractivity contribution in [2.75, 3.05) is 13.2 Å². The largest absolute Gasteiger partial charge is 0.477 e. The lowest BCUT2D eigenvalue weighted by Gasteiger charge is -2.38. The van der Waals surface area contributed by atoms with Gasteiger partial charge in [0.05, 0.1) is 18.4 Å². The van der Waals surface area contributed by atoms with Gasteiger partial charge >= 0.3 is 5.97 Å². The smallest absolute Gasteiger partial charge is 0.302 e. The molecule has 182 valence electrons. The van der Waals surface area contributed by atoms with Crippen LogP contribution in [0.2, 0.25) is 0 Å². The first-order valence-electron chi connectivity index (χ1n) is 11.5. The van der Waals surface area contributed by atoms with Gasteiger partial charge in [0, 0.05) is 49.5 Å². The second kappa shape index (κ2) is 11.0. The van der Waals surface area contributed by atoms with Crippen LogP contribution >= 0.6 is 0 Å². The van der Waals surface area contributed by atoms with E-state index >= 15 is 0 Å². The second-order valence-electron chi connectivity index (χ2n) is 8.61. The average Bonchev–Trinajstić information content (AvgIpc) is 2.88. The molecule has 1 amide bonds. The van der Waals surface area contributed by atoms with Crippen LogP contribution in [0.3, 0.4) is 0 Å². The topological polar surface area (TPSA) is 94.5 Å². The molecule has 0 aliphatic carbocycles. The number of carbonyl (C=O) groups excluding carboxylic acids is 2. The number of pyridine rings is 1. The van der Waals surface area contributed by atoms with Crippen molar-refractivity contribution >= 4 is 11.9 Å². The number of nitrogens with zero attached hydrogens (tertiary/aromatic N) is 4. The molecular formula is C26H27FN4O4. The number of esters is 1. The van der Waals surface area contributed by atoms with E-state index in [1.807, 2.05) is 11.8 Å². The van der Waals surface area contributed by atoms with Crippen molar-refractivity contribution < 1.29 is 23.5 Å². The third kappa shape index (κ3) is 6.17. The second-order valence-corrected chi connectivity index (χ2v) is 8.61. The van der Waals surface area contributed by atoms with Crippen molar-refractivity contribution in [3.05, 3.63) is 71.9 Å². The van der Waals surface area contributed by atoms with E-state index in [1.54, 1.807) is 36.7 Å². The monoisotopic (exact) mass is 478 g/mol. The van der Waals surface area contributed by atoms with Gasteiger partial charge in [-0.2, -0.15) is 0 Å².